The maximum absolute atomic E-state index is 9.86. The Hall–Kier alpha value is -4.60. The first-order chi connectivity index (χ1) is 15.3. The van der Waals surface area contributed by atoms with Gasteiger partial charge in [0, 0.05) is 16.2 Å². The molecule has 1 aromatic heterocycles. The first-order valence-corrected chi connectivity index (χ1v) is 10.1. The van der Waals surface area contributed by atoms with Gasteiger partial charge in [0.15, 0.2) is 0 Å². The van der Waals surface area contributed by atoms with E-state index in [1.165, 1.54) is 16.2 Å². The van der Waals surface area contributed by atoms with E-state index in [-0.39, 0.29) is 0 Å². The zero-order chi connectivity index (χ0) is 20.9. The summed E-state index contributed by atoms with van der Waals surface area (Å²) in [4.78, 5) is 0. The van der Waals surface area contributed by atoms with Crippen LogP contribution in [0.1, 0.15) is 11.1 Å². The van der Waals surface area contributed by atoms with Crippen LogP contribution >= 0.6 is 0 Å². The van der Waals surface area contributed by atoms with Gasteiger partial charge in [0.1, 0.15) is 6.07 Å². The van der Waals surface area contributed by atoms with E-state index in [4.69, 9.17) is 0 Å². The molecule has 0 bridgehead atoms. The molecule has 6 rings (SSSR count). The second kappa shape index (κ2) is 6.46. The second-order valence-corrected chi connectivity index (χ2v) is 7.62. The molecule has 0 aliphatic carbocycles. The molecule has 31 heavy (non-hydrogen) atoms. The first kappa shape index (κ1) is 17.3. The molecule has 5 aromatic carbocycles. The fourth-order valence-corrected chi connectivity index (χ4v) is 4.76. The molecule has 1 heterocycles. The summed E-state index contributed by atoms with van der Waals surface area (Å²) < 4.78 is 2.15. The van der Waals surface area contributed by atoms with E-state index < -0.39 is 0 Å². The lowest BCUT2D eigenvalue weighted by Crippen LogP contribution is -1.99. The van der Waals surface area contributed by atoms with Gasteiger partial charge >= 0.3 is 0 Å². The third kappa shape index (κ3) is 2.32. The summed E-state index contributed by atoms with van der Waals surface area (Å²) in [5.74, 6) is 0. The van der Waals surface area contributed by atoms with Crippen molar-refractivity contribution >= 4 is 43.4 Å². The van der Waals surface area contributed by atoms with Crippen molar-refractivity contribution in [2.75, 3.05) is 0 Å². The van der Waals surface area contributed by atoms with Crippen LogP contribution < -0.4 is 0 Å². The molecule has 0 spiro atoms. The standard InChI is InChI=1S/C28H15N3/c29-16-18-13-14-19(17-30)26(15-18)31-25-12-6-5-11-24(25)27-22-9-3-1-7-20(22)21-8-2-4-10-23(21)28(27)31/h1-15H. The number of hydrogen-bond acceptors (Lipinski definition) is 2. The Kier molecular flexibility index (Phi) is 3.60. The van der Waals surface area contributed by atoms with Crippen LogP contribution in [0.15, 0.2) is 91.0 Å². The van der Waals surface area contributed by atoms with Gasteiger partial charge < -0.3 is 4.57 Å². The summed E-state index contributed by atoms with van der Waals surface area (Å²) >= 11 is 0. The first-order valence-electron chi connectivity index (χ1n) is 10.1. The maximum Gasteiger partial charge on any atom is 0.101 e. The molecule has 0 amide bonds. The third-order valence-electron chi connectivity index (χ3n) is 6.03. The minimum Gasteiger partial charge on any atom is -0.307 e. The molecule has 0 saturated heterocycles. The van der Waals surface area contributed by atoms with Crippen molar-refractivity contribution in [1.29, 1.82) is 10.5 Å². The molecule has 6 aromatic rings. The average Bonchev–Trinajstić information content (AvgIpc) is 3.19. The molecule has 3 heteroatoms. The van der Waals surface area contributed by atoms with Crippen molar-refractivity contribution in [2.24, 2.45) is 0 Å². The largest absolute Gasteiger partial charge is 0.307 e. The molecule has 142 valence electrons. The molecule has 0 atom stereocenters. The number of rotatable bonds is 1. The minimum absolute atomic E-state index is 0.532. The maximum atomic E-state index is 9.86. The Bertz CT molecular complexity index is 1760. The Morgan fingerprint density at radius 2 is 1.19 bits per heavy atom. The monoisotopic (exact) mass is 393 g/mol. The number of nitriles is 2. The van der Waals surface area contributed by atoms with Crippen LogP contribution in [0.4, 0.5) is 0 Å². The van der Waals surface area contributed by atoms with Gasteiger partial charge in [0.05, 0.1) is 33.9 Å². The highest BCUT2D eigenvalue weighted by Gasteiger charge is 2.20. The Labute approximate surface area is 178 Å². The summed E-state index contributed by atoms with van der Waals surface area (Å²) in [6, 6.07) is 34.9. The summed E-state index contributed by atoms with van der Waals surface area (Å²) in [5, 5.41) is 26.4. The normalized spacial score (nSPS) is 11.2. The fourth-order valence-electron chi connectivity index (χ4n) is 4.76. The zero-order valence-corrected chi connectivity index (χ0v) is 16.5. The van der Waals surface area contributed by atoms with Crippen LogP contribution in [0.2, 0.25) is 0 Å². The van der Waals surface area contributed by atoms with E-state index in [9.17, 15) is 10.5 Å². The predicted molar refractivity (Wildman–Crippen MR) is 125 cm³/mol. The van der Waals surface area contributed by atoms with Gasteiger partial charge in [0.25, 0.3) is 0 Å². The summed E-state index contributed by atoms with van der Waals surface area (Å²) in [6.07, 6.45) is 0. The molecule has 0 aliphatic rings. The van der Waals surface area contributed by atoms with Crippen LogP contribution in [-0.2, 0) is 0 Å². The second-order valence-electron chi connectivity index (χ2n) is 7.62. The Morgan fingerprint density at radius 3 is 1.90 bits per heavy atom. The van der Waals surface area contributed by atoms with E-state index in [2.05, 4.69) is 77.4 Å². The van der Waals surface area contributed by atoms with Crippen LogP contribution in [0.25, 0.3) is 49.0 Å². The molecular weight excluding hydrogens is 378 g/mol. The van der Waals surface area contributed by atoms with Crippen LogP contribution in [0, 0.1) is 22.7 Å². The number of benzene rings is 5. The number of hydrogen-bond donors (Lipinski definition) is 0. The number of aromatic nitrogens is 1. The lowest BCUT2D eigenvalue weighted by Gasteiger charge is -2.13. The van der Waals surface area contributed by atoms with E-state index in [0.29, 0.717) is 11.1 Å². The highest BCUT2D eigenvalue weighted by Crippen LogP contribution is 2.42. The van der Waals surface area contributed by atoms with Gasteiger partial charge in [-0.1, -0.05) is 66.7 Å². The number of fused-ring (bicyclic) bond motifs is 8. The topological polar surface area (TPSA) is 52.5 Å². The van der Waals surface area contributed by atoms with Gasteiger partial charge in [-0.25, -0.2) is 0 Å². The molecule has 0 fully saturated rings. The molecule has 0 radical (unpaired) electrons. The van der Waals surface area contributed by atoms with Crippen LogP contribution in [0.5, 0.6) is 0 Å². The molecule has 0 N–H and O–H groups in total. The summed E-state index contributed by atoms with van der Waals surface area (Å²) in [5.41, 5.74) is 3.88. The SMILES string of the molecule is N#Cc1ccc(C#N)c(-n2c3ccccc3c3c4ccccc4c4ccccc4c32)c1. The zero-order valence-electron chi connectivity index (χ0n) is 16.5. The van der Waals surface area contributed by atoms with Crippen molar-refractivity contribution in [3.8, 4) is 17.8 Å². The number of nitrogens with zero attached hydrogens (tertiary/aromatic N) is 3. The fraction of sp³-hybridized carbons (Fsp3) is 0. The third-order valence-corrected chi connectivity index (χ3v) is 6.03. The lowest BCUT2D eigenvalue weighted by atomic mass is 9.97. The van der Waals surface area contributed by atoms with Crippen molar-refractivity contribution < 1.29 is 0 Å². The molecular formula is C28H15N3. The van der Waals surface area contributed by atoms with E-state index in [1.807, 2.05) is 18.2 Å². The van der Waals surface area contributed by atoms with E-state index >= 15 is 0 Å². The minimum atomic E-state index is 0.532. The van der Waals surface area contributed by atoms with E-state index in [0.717, 1.165) is 32.9 Å². The van der Waals surface area contributed by atoms with Gasteiger partial charge in [-0.05, 0) is 40.4 Å². The Morgan fingerprint density at radius 1 is 0.581 bits per heavy atom. The highest BCUT2D eigenvalue weighted by atomic mass is 15.0. The van der Waals surface area contributed by atoms with Crippen LogP contribution in [0.3, 0.4) is 0 Å². The molecule has 0 aliphatic heterocycles. The molecule has 0 saturated carbocycles. The predicted octanol–water partition coefficient (Wildman–Crippen LogP) is 6.83. The van der Waals surface area contributed by atoms with Crippen molar-refractivity contribution in [3.05, 3.63) is 102 Å². The lowest BCUT2D eigenvalue weighted by molar-refractivity contribution is 1.17. The van der Waals surface area contributed by atoms with E-state index in [1.54, 1.807) is 12.1 Å². The Balaban J connectivity index is 1.98. The summed E-state index contributed by atoms with van der Waals surface area (Å²) in [6.45, 7) is 0. The molecule has 0 unspecified atom stereocenters. The highest BCUT2D eigenvalue weighted by molar-refractivity contribution is 6.32. The van der Waals surface area contributed by atoms with Gasteiger partial charge in [0.2, 0.25) is 0 Å². The van der Waals surface area contributed by atoms with Gasteiger partial charge in [-0.3, -0.25) is 0 Å². The average molecular weight is 393 g/mol. The smallest absolute Gasteiger partial charge is 0.101 e. The molecule has 3 nitrogen and oxygen atoms in total. The van der Waals surface area contributed by atoms with Crippen molar-refractivity contribution in [1.82, 2.24) is 4.57 Å². The summed E-state index contributed by atoms with van der Waals surface area (Å²) in [7, 11) is 0. The van der Waals surface area contributed by atoms with Gasteiger partial charge in [-0.15, -0.1) is 0 Å². The number of para-hydroxylation sites is 1. The van der Waals surface area contributed by atoms with Crippen LogP contribution in [-0.4, -0.2) is 4.57 Å². The quantitative estimate of drug-likeness (QED) is 0.287. The van der Waals surface area contributed by atoms with Crippen molar-refractivity contribution in [3.63, 3.8) is 0 Å². The van der Waals surface area contributed by atoms with Gasteiger partial charge in [-0.2, -0.15) is 10.5 Å². The van der Waals surface area contributed by atoms with Crippen molar-refractivity contribution in [2.45, 2.75) is 0 Å².